The highest BCUT2D eigenvalue weighted by molar-refractivity contribution is 5.08. The SMILES string of the molecule is CCC(C)[N-]C(C)(CCC(F)(F)F)CC(F)(F)F. The molecule has 0 radical (unpaired) electrons. The van der Waals surface area contributed by atoms with Gasteiger partial charge in [0, 0.05) is 12.8 Å². The average molecular weight is 278 g/mol. The Morgan fingerprint density at radius 2 is 1.44 bits per heavy atom. The molecule has 0 bridgehead atoms. The summed E-state index contributed by atoms with van der Waals surface area (Å²) in [5, 5.41) is 3.90. The summed E-state index contributed by atoms with van der Waals surface area (Å²) in [6.45, 7) is 4.46. The van der Waals surface area contributed by atoms with Crippen molar-refractivity contribution in [2.24, 2.45) is 0 Å². The van der Waals surface area contributed by atoms with Crippen molar-refractivity contribution in [1.82, 2.24) is 0 Å². The zero-order valence-electron chi connectivity index (χ0n) is 10.6. The van der Waals surface area contributed by atoms with Crippen LogP contribution in [0.5, 0.6) is 0 Å². The van der Waals surface area contributed by atoms with Gasteiger partial charge >= 0.3 is 12.4 Å². The molecule has 18 heavy (non-hydrogen) atoms. The van der Waals surface area contributed by atoms with Crippen LogP contribution in [0, 0.1) is 0 Å². The quantitative estimate of drug-likeness (QED) is 0.592. The molecule has 0 aromatic carbocycles. The van der Waals surface area contributed by atoms with Gasteiger partial charge in [0.2, 0.25) is 0 Å². The standard InChI is InChI=1S/C11H18F6N/c1-4-8(2)18-9(3,7-11(15,16)17)5-6-10(12,13)14/h8H,4-7H2,1-3H3/q-1. The molecule has 0 saturated heterocycles. The minimum absolute atomic E-state index is 0.384. The van der Waals surface area contributed by atoms with Crippen LogP contribution in [0.1, 0.15) is 46.5 Å². The maximum absolute atomic E-state index is 12.4. The van der Waals surface area contributed by atoms with Crippen LogP contribution in [0.4, 0.5) is 26.3 Å². The summed E-state index contributed by atoms with van der Waals surface area (Å²) >= 11 is 0. The van der Waals surface area contributed by atoms with Gasteiger partial charge in [-0.25, -0.2) is 0 Å². The molecule has 0 aliphatic carbocycles. The number of hydrogen-bond acceptors (Lipinski definition) is 0. The molecule has 0 spiro atoms. The van der Waals surface area contributed by atoms with E-state index < -0.39 is 37.2 Å². The highest BCUT2D eigenvalue weighted by Gasteiger charge is 2.37. The molecule has 7 heteroatoms. The molecule has 0 rings (SSSR count). The second-order valence-corrected chi connectivity index (χ2v) is 4.79. The summed E-state index contributed by atoms with van der Waals surface area (Å²) in [5.74, 6) is 0. The minimum atomic E-state index is -4.52. The maximum Gasteiger partial charge on any atom is 0.389 e. The molecule has 2 atom stereocenters. The van der Waals surface area contributed by atoms with Crippen molar-refractivity contribution in [2.75, 3.05) is 0 Å². The van der Waals surface area contributed by atoms with E-state index >= 15 is 0 Å². The molecule has 1 nitrogen and oxygen atoms in total. The molecule has 0 aliphatic rings. The lowest BCUT2D eigenvalue weighted by Gasteiger charge is -2.48. The van der Waals surface area contributed by atoms with Crippen molar-refractivity contribution >= 4 is 0 Å². The van der Waals surface area contributed by atoms with Crippen molar-refractivity contribution in [2.45, 2.75) is 70.4 Å². The summed E-state index contributed by atoms with van der Waals surface area (Å²) in [5.41, 5.74) is -1.71. The highest BCUT2D eigenvalue weighted by Crippen LogP contribution is 2.39. The lowest BCUT2D eigenvalue weighted by atomic mass is 9.90. The van der Waals surface area contributed by atoms with Gasteiger partial charge in [0.05, 0.1) is 0 Å². The van der Waals surface area contributed by atoms with Crippen molar-refractivity contribution in [3.8, 4) is 0 Å². The molecule has 0 N–H and O–H groups in total. The van der Waals surface area contributed by atoms with Gasteiger partial charge in [0.15, 0.2) is 0 Å². The average Bonchev–Trinajstić information content (AvgIpc) is 2.10. The first-order valence-electron chi connectivity index (χ1n) is 5.72. The van der Waals surface area contributed by atoms with E-state index in [1.807, 2.05) is 0 Å². The lowest BCUT2D eigenvalue weighted by Crippen LogP contribution is -2.34. The van der Waals surface area contributed by atoms with E-state index in [1.54, 1.807) is 13.8 Å². The fourth-order valence-electron chi connectivity index (χ4n) is 1.66. The zero-order valence-corrected chi connectivity index (χ0v) is 10.6. The van der Waals surface area contributed by atoms with Crippen molar-refractivity contribution in [1.29, 1.82) is 0 Å². The predicted octanol–water partition coefficient (Wildman–Crippen LogP) is 5.21. The summed E-state index contributed by atoms with van der Waals surface area (Å²) < 4.78 is 73.5. The molecular formula is C11H18F6N-. The van der Waals surface area contributed by atoms with Gasteiger partial charge in [-0.15, -0.1) is 11.6 Å². The third-order valence-corrected chi connectivity index (χ3v) is 2.65. The lowest BCUT2D eigenvalue weighted by molar-refractivity contribution is -0.156. The van der Waals surface area contributed by atoms with E-state index in [9.17, 15) is 26.3 Å². The second-order valence-electron chi connectivity index (χ2n) is 4.79. The topological polar surface area (TPSA) is 14.1 Å². The second kappa shape index (κ2) is 6.12. The highest BCUT2D eigenvalue weighted by atomic mass is 19.4. The summed E-state index contributed by atoms with van der Waals surface area (Å²) in [6, 6.07) is -0.384. The molecule has 0 saturated carbocycles. The molecule has 0 aliphatic heterocycles. The number of nitrogens with zero attached hydrogens (tertiary/aromatic N) is 1. The van der Waals surface area contributed by atoms with E-state index in [2.05, 4.69) is 5.32 Å². The van der Waals surface area contributed by atoms with Crippen molar-refractivity contribution in [3.05, 3.63) is 5.32 Å². The van der Waals surface area contributed by atoms with Crippen LogP contribution in [0.3, 0.4) is 0 Å². The molecule has 0 amide bonds. The van der Waals surface area contributed by atoms with E-state index in [4.69, 9.17) is 0 Å². The van der Waals surface area contributed by atoms with Crippen LogP contribution < -0.4 is 0 Å². The Morgan fingerprint density at radius 3 is 1.78 bits per heavy atom. The Balaban J connectivity index is 4.69. The fourth-order valence-corrected chi connectivity index (χ4v) is 1.66. The first-order valence-corrected chi connectivity index (χ1v) is 5.72. The molecule has 0 fully saturated rings. The molecule has 0 heterocycles. The molecule has 0 aromatic heterocycles. The largest absolute Gasteiger partial charge is 0.654 e. The van der Waals surface area contributed by atoms with E-state index in [0.717, 1.165) is 6.92 Å². The third kappa shape index (κ3) is 8.60. The van der Waals surface area contributed by atoms with Gasteiger partial charge in [0.25, 0.3) is 0 Å². The Hall–Kier alpha value is -0.460. The fraction of sp³-hybridized carbons (Fsp3) is 1.00. The van der Waals surface area contributed by atoms with Crippen LogP contribution in [-0.2, 0) is 0 Å². The Bertz CT molecular complexity index is 247. The van der Waals surface area contributed by atoms with Gasteiger partial charge in [-0.3, -0.25) is 0 Å². The van der Waals surface area contributed by atoms with Crippen LogP contribution in [0.2, 0.25) is 0 Å². The number of rotatable bonds is 6. The van der Waals surface area contributed by atoms with Gasteiger partial charge < -0.3 is 5.32 Å². The van der Waals surface area contributed by atoms with Gasteiger partial charge in [0.1, 0.15) is 0 Å². The number of halogens is 6. The third-order valence-electron chi connectivity index (χ3n) is 2.65. The van der Waals surface area contributed by atoms with Gasteiger partial charge in [-0.1, -0.05) is 33.6 Å². The number of hydrogen-bond donors (Lipinski definition) is 0. The smallest absolute Gasteiger partial charge is 0.389 e. The van der Waals surface area contributed by atoms with E-state index in [0.29, 0.717) is 6.42 Å². The maximum atomic E-state index is 12.4. The Kier molecular flexibility index (Phi) is 5.97. The number of alkyl halides is 6. The first-order chi connectivity index (χ1) is 7.87. The zero-order chi connectivity index (χ0) is 14.6. The van der Waals surface area contributed by atoms with E-state index in [1.165, 1.54) is 0 Å². The normalized spacial score (nSPS) is 18.5. The molecule has 110 valence electrons. The van der Waals surface area contributed by atoms with Gasteiger partial charge in [-0.05, 0) is 0 Å². The van der Waals surface area contributed by atoms with Crippen LogP contribution >= 0.6 is 0 Å². The Labute approximate surface area is 103 Å². The summed E-state index contributed by atoms with van der Waals surface area (Å²) in [7, 11) is 0. The molecule has 2 unspecified atom stereocenters. The molecule has 0 aromatic rings. The van der Waals surface area contributed by atoms with Crippen molar-refractivity contribution in [3.63, 3.8) is 0 Å². The van der Waals surface area contributed by atoms with Crippen LogP contribution in [0.25, 0.3) is 5.32 Å². The Morgan fingerprint density at radius 1 is 0.944 bits per heavy atom. The summed E-state index contributed by atoms with van der Waals surface area (Å²) in [6.07, 6.45) is -11.7. The van der Waals surface area contributed by atoms with Crippen LogP contribution in [-0.4, -0.2) is 23.9 Å². The predicted molar refractivity (Wildman–Crippen MR) is 57.5 cm³/mol. The van der Waals surface area contributed by atoms with E-state index in [-0.39, 0.29) is 6.04 Å². The summed E-state index contributed by atoms with van der Waals surface area (Å²) in [4.78, 5) is 0. The monoisotopic (exact) mass is 278 g/mol. The minimum Gasteiger partial charge on any atom is -0.654 e. The van der Waals surface area contributed by atoms with Crippen LogP contribution in [0.15, 0.2) is 0 Å². The van der Waals surface area contributed by atoms with Crippen molar-refractivity contribution < 1.29 is 26.3 Å². The first kappa shape index (κ1) is 17.5. The van der Waals surface area contributed by atoms with Gasteiger partial charge in [-0.2, -0.15) is 26.3 Å². The molecular weight excluding hydrogens is 260 g/mol.